The maximum absolute atomic E-state index is 4.73. The van der Waals surface area contributed by atoms with Gasteiger partial charge in [0, 0.05) is 23.3 Å². The molecule has 0 aliphatic heterocycles. The Morgan fingerprint density at radius 1 is 1.38 bits per heavy atom. The lowest BCUT2D eigenvalue weighted by Gasteiger charge is -2.15. The molecule has 1 unspecified atom stereocenters. The second-order valence-electron chi connectivity index (χ2n) is 5.24. The van der Waals surface area contributed by atoms with Crippen LogP contribution < -0.4 is 5.32 Å². The summed E-state index contributed by atoms with van der Waals surface area (Å²) in [5, 5.41) is 6.96. The van der Waals surface area contributed by atoms with Gasteiger partial charge in [-0.2, -0.15) is 0 Å². The van der Waals surface area contributed by atoms with E-state index in [-0.39, 0.29) is 5.41 Å². The Morgan fingerprint density at radius 3 is 2.50 bits per heavy atom. The minimum Gasteiger partial charge on any atom is -0.314 e. The smallest absolute Gasteiger partial charge is 0.0944 e. The van der Waals surface area contributed by atoms with Crippen LogP contribution in [0.1, 0.15) is 51.7 Å². The Bertz CT molecular complexity index is 312. The van der Waals surface area contributed by atoms with Gasteiger partial charge in [-0.1, -0.05) is 34.6 Å². The highest BCUT2D eigenvalue weighted by molar-refractivity contribution is 7.09. The summed E-state index contributed by atoms with van der Waals surface area (Å²) < 4.78 is 0. The maximum Gasteiger partial charge on any atom is 0.0944 e. The number of nitrogens with one attached hydrogen (secondary N) is 1. The van der Waals surface area contributed by atoms with Gasteiger partial charge < -0.3 is 5.32 Å². The largest absolute Gasteiger partial charge is 0.314 e. The minimum absolute atomic E-state index is 0.175. The van der Waals surface area contributed by atoms with Crippen molar-refractivity contribution in [3.05, 3.63) is 16.1 Å². The van der Waals surface area contributed by atoms with Crippen LogP contribution in [0.4, 0.5) is 0 Å². The van der Waals surface area contributed by atoms with Crippen molar-refractivity contribution in [3.63, 3.8) is 0 Å². The number of hydrogen-bond acceptors (Lipinski definition) is 3. The summed E-state index contributed by atoms with van der Waals surface area (Å²) in [5.74, 6) is 0. The Kier molecular flexibility index (Phi) is 4.93. The molecule has 1 heterocycles. The summed E-state index contributed by atoms with van der Waals surface area (Å²) in [7, 11) is 0. The molecule has 1 N–H and O–H groups in total. The van der Waals surface area contributed by atoms with Gasteiger partial charge in [0.25, 0.3) is 0 Å². The topological polar surface area (TPSA) is 24.9 Å². The molecule has 1 aromatic heterocycles. The average Bonchev–Trinajstić information content (AvgIpc) is 2.65. The van der Waals surface area contributed by atoms with Crippen molar-refractivity contribution in [3.8, 4) is 0 Å². The van der Waals surface area contributed by atoms with Crippen LogP contribution in [0, 0.1) is 0 Å². The van der Waals surface area contributed by atoms with Crippen molar-refractivity contribution in [1.29, 1.82) is 0 Å². The maximum atomic E-state index is 4.73. The third-order valence-electron chi connectivity index (χ3n) is 2.73. The molecule has 3 heteroatoms. The molecule has 0 radical (unpaired) electrons. The van der Waals surface area contributed by atoms with Crippen LogP contribution in [-0.2, 0) is 11.8 Å². The molecule has 0 amide bonds. The van der Waals surface area contributed by atoms with Crippen molar-refractivity contribution in [2.24, 2.45) is 0 Å². The van der Waals surface area contributed by atoms with E-state index in [9.17, 15) is 0 Å². The Hall–Kier alpha value is -0.410. The normalized spacial score (nSPS) is 14.1. The van der Waals surface area contributed by atoms with Crippen LogP contribution in [0.15, 0.2) is 5.38 Å². The van der Waals surface area contributed by atoms with E-state index in [0.717, 1.165) is 19.4 Å². The molecule has 0 saturated carbocycles. The summed E-state index contributed by atoms with van der Waals surface area (Å²) >= 11 is 1.79. The highest BCUT2D eigenvalue weighted by Gasteiger charge is 2.18. The van der Waals surface area contributed by atoms with Crippen LogP contribution in [0.25, 0.3) is 0 Å². The summed E-state index contributed by atoms with van der Waals surface area (Å²) in [4.78, 5) is 4.73. The van der Waals surface area contributed by atoms with E-state index in [4.69, 9.17) is 4.98 Å². The summed E-state index contributed by atoms with van der Waals surface area (Å²) in [6.07, 6.45) is 2.23. The molecule has 0 aromatic carbocycles. The lowest BCUT2D eigenvalue weighted by molar-refractivity contribution is 0.506. The van der Waals surface area contributed by atoms with Gasteiger partial charge in [0.1, 0.15) is 0 Å². The Labute approximate surface area is 103 Å². The lowest BCUT2D eigenvalue weighted by atomic mass is 9.93. The Morgan fingerprint density at radius 2 is 2.06 bits per heavy atom. The van der Waals surface area contributed by atoms with Crippen LogP contribution in [0.2, 0.25) is 0 Å². The standard InChI is InChI=1S/C13H24N2S/c1-6-10(14-7-2)8-12-15-11(9-16-12)13(3,4)5/h9-10,14H,6-8H2,1-5H3. The molecule has 0 spiro atoms. The zero-order chi connectivity index (χ0) is 12.2. The molecule has 1 atom stereocenters. The van der Waals surface area contributed by atoms with Crippen LogP contribution >= 0.6 is 11.3 Å². The van der Waals surface area contributed by atoms with Crippen molar-refractivity contribution < 1.29 is 0 Å². The van der Waals surface area contributed by atoms with E-state index in [2.05, 4.69) is 45.3 Å². The summed E-state index contributed by atoms with van der Waals surface area (Å²) in [6.45, 7) is 12.1. The van der Waals surface area contributed by atoms with E-state index in [1.807, 2.05) is 0 Å². The van der Waals surface area contributed by atoms with Crippen LogP contribution in [0.3, 0.4) is 0 Å². The number of thiazole rings is 1. The van der Waals surface area contributed by atoms with Crippen molar-refractivity contribution in [1.82, 2.24) is 10.3 Å². The molecule has 1 rings (SSSR count). The second-order valence-corrected chi connectivity index (χ2v) is 6.19. The SMILES string of the molecule is CCNC(CC)Cc1nc(C(C)(C)C)cs1. The number of rotatable bonds is 5. The van der Waals surface area contributed by atoms with Gasteiger partial charge in [-0.15, -0.1) is 11.3 Å². The van der Waals surface area contributed by atoms with E-state index in [0.29, 0.717) is 6.04 Å². The zero-order valence-corrected chi connectivity index (χ0v) is 11.9. The molecule has 0 bridgehead atoms. The van der Waals surface area contributed by atoms with Crippen molar-refractivity contribution in [2.45, 2.75) is 58.9 Å². The summed E-state index contributed by atoms with van der Waals surface area (Å²) in [5.41, 5.74) is 1.40. The number of aromatic nitrogens is 1. The first-order valence-corrected chi connectivity index (χ1v) is 7.03. The van der Waals surface area contributed by atoms with E-state index in [1.54, 1.807) is 11.3 Å². The zero-order valence-electron chi connectivity index (χ0n) is 11.1. The predicted molar refractivity (Wildman–Crippen MR) is 72.3 cm³/mol. The highest BCUT2D eigenvalue weighted by Crippen LogP contribution is 2.24. The third kappa shape index (κ3) is 3.87. The van der Waals surface area contributed by atoms with Crippen LogP contribution in [-0.4, -0.2) is 17.6 Å². The van der Waals surface area contributed by atoms with Crippen molar-refractivity contribution >= 4 is 11.3 Å². The predicted octanol–water partition coefficient (Wildman–Crippen LogP) is 3.37. The fourth-order valence-corrected chi connectivity index (χ4v) is 2.71. The average molecular weight is 240 g/mol. The first-order chi connectivity index (χ1) is 7.47. The lowest BCUT2D eigenvalue weighted by Crippen LogP contribution is -2.30. The Balaban J connectivity index is 2.64. The molecule has 1 aromatic rings. The van der Waals surface area contributed by atoms with Gasteiger partial charge in [-0.05, 0) is 13.0 Å². The van der Waals surface area contributed by atoms with Gasteiger partial charge in [0.05, 0.1) is 10.7 Å². The number of hydrogen-bond donors (Lipinski definition) is 1. The van der Waals surface area contributed by atoms with E-state index >= 15 is 0 Å². The third-order valence-corrected chi connectivity index (χ3v) is 3.60. The second kappa shape index (κ2) is 5.78. The highest BCUT2D eigenvalue weighted by atomic mass is 32.1. The molecule has 0 fully saturated rings. The summed E-state index contributed by atoms with van der Waals surface area (Å²) in [6, 6.07) is 0.573. The van der Waals surface area contributed by atoms with Gasteiger partial charge >= 0.3 is 0 Å². The van der Waals surface area contributed by atoms with Crippen LogP contribution in [0.5, 0.6) is 0 Å². The molecule has 0 aliphatic rings. The first kappa shape index (κ1) is 13.7. The first-order valence-electron chi connectivity index (χ1n) is 6.15. The number of likely N-dealkylation sites (N-methyl/N-ethyl adjacent to an activating group) is 1. The van der Waals surface area contributed by atoms with Gasteiger partial charge in [0.2, 0.25) is 0 Å². The van der Waals surface area contributed by atoms with Gasteiger partial charge in [0.15, 0.2) is 0 Å². The van der Waals surface area contributed by atoms with Gasteiger partial charge in [-0.25, -0.2) is 4.98 Å². The van der Waals surface area contributed by atoms with E-state index in [1.165, 1.54) is 10.7 Å². The fourth-order valence-electron chi connectivity index (χ4n) is 1.61. The minimum atomic E-state index is 0.175. The van der Waals surface area contributed by atoms with Crippen molar-refractivity contribution in [2.75, 3.05) is 6.54 Å². The molecule has 92 valence electrons. The molecular weight excluding hydrogens is 216 g/mol. The molecular formula is C13H24N2S. The van der Waals surface area contributed by atoms with Gasteiger partial charge in [-0.3, -0.25) is 0 Å². The molecule has 0 aliphatic carbocycles. The molecule has 0 saturated heterocycles. The quantitative estimate of drug-likeness (QED) is 0.853. The monoisotopic (exact) mass is 240 g/mol. The molecule has 16 heavy (non-hydrogen) atoms. The fraction of sp³-hybridized carbons (Fsp3) is 0.769. The number of nitrogens with zero attached hydrogens (tertiary/aromatic N) is 1. The van der Waals surface area contributed by atoms with E-state index < -0.39 is 0 Å². The molecule has 2 nitrogen and oxygen atoms in total.